The lowest BCUT2D eigenvalue weighted by Gasteiger charge is -2.24. The number of rotatable bonds is 9. The lowest BCUT2D eigenvalue weighted by atomic mass is 10.0. The van der Waals surface area contributed by atoms with Crippen molar-refractivity contribution in [3.63, 3.8) is 0 Å². The van der Waals surface area contributed by atoms with Crippen LogP contribution in [0.15, 0.2) is 45.3 Å². The highest BCUT2D eigenvalue weighted by molar-refractivity contribution is 6.02. The van der Waals surface area contributed by atoms with Crippen LogP contribution in [0.5, 0.6) is 5.75 Å². The van der Waals surface area contributed by atoms with Crippen LogP contribution in [0.2, 0.25) is 0 Å². The molecule has 3 amide bonds. The van der Waals surface area contributed by atoms with E-state index < -0.39 is 11.8 Å². The lowest BCUT2D eigenvalue weighted by Crippen LogP contribution is -2.48. The molecule has 11 heteroatoms. The Kier molecular flexibility index (Phi) is 12.5. The largest absolute Gasteiger partial charge is 0.506 e. The van der Waals surface area contributed by atoms with Gasteiger partial charge in [0.2, 0.25) is 12.4 Å². The van der Waals surface area contributed by atoms with Crippen LogP contribution in [0.3, 0.4) is 0 Å². The molecule has 41 heavy (non-hydrogen) atoms. The van der Waals surface area contributed by atoms with E-state index in [4.69, 9.17) is 10.7 Å². The molecule has 0 aromatic heterocycles. The molecule has 0 heterocycles. The fourth-order valence-corrected chi connectivity index (χ4v) is 3.79. The van der Waals surface area contributed by atoms with Gasteiger partial charge in [-0.3, -0.25) is 25.4 Å². The average Bonchev–Trinajstić information content (AvgIpc) is 2.91. The van der Waals surface area contributed by atoms with Gasteiger partial charge in [-0.15, -0.1) is 5.92 Å². The molecule has 0 aliphatic heterocycles. The number of guanidine groups is 1. The molecule has 0 bridgehead atoms. The zero-order valence-electron chi connectivity index (χ0n) is 24.3. The van der Waals surface area contributed by atoms with Gasteiger partial charge in [0, 0.05) is 54.2 Å². The van der Waals surface area contributed by atoms with Gasteiger partial charge in [0.25, 0.3) is 0 Å². The quantitative estimate of drug-likeness (QED) is 0.118. The first-order valence-electron chi connectivity index (χ1n) is 13.1. The summed E-state index contributed by atoms with van der Waals surface area (Å²) in [5.74, 6) is 5.23. The highest BCUT2D eigenvalue weighted by atomic mass is 19.1. The van der Waals surface area contributed by atoms with E-state index in [0.717, 1.165) is 12.0 Å². The molecule has 0 saturated heterocycles. The maximum Gasteiger partial charge on any atom is 0.324 e. The van der Waals surface area contributed by atoms with E-state index in [-0.39, 0.29) is 48.1 Å². The van der Waals surface area contributed by atoms with Crippen LogP contribution in [0.4, 0.5) is 20.6 Å². The first-order valence-corrected chi connectivity index (χ1v) is 13.1. The highest BCUT2D eigenvalue weighted by Gasteiger charge is 2.20. The van der Waals surface area contributed by atoms with Gasteiger partial charge in [-0.2, -0.15) is 0 Å². The molecule has 2 aromatic rings. The van der Waals surface area contributed by atoms with Gasteiger partial charge < -0.3 is 15.7 Å². The summed E-state index contributed by atoms with van der Waals surface area (Å²) in [7, 11) is 1.56. The molecule has 0 aliphatic rings. The summed E-state index contributed by atoms with van der Waals surface area (Å²) in [5.41, 5.74) is 8.47. The first-order chi connectivity index (χ1) is 19.5. The van der Waals surface area contributed by atoms with Gasteiger partial charge in [-0.05, 0) is 39.8 Å². The van der Waals surface area contributed by atoms with Gasteiger partial charge in [-0.25, -0.2) is 14.2 Å². The molecule has 0 spiro atoms. The predicted molar refractivity (Wildman–Crippen MR) is 162 cm³/mol. The van der Waals surface area contributed by atoms with Crippen molar-refractivity contribution in [2.24, 2.45) is 20.9 Å². The monoisotopic (exact) mass is 563 g/mol. The molecule has 0 radical (unpaired) electrons. The lowest BCUT2D eigenvalue weighted by molar-refractivity contribution is -0.108. The second-order valence-corrected chi connectivity index (χ2v) is 9.53. The number of nitrogens with two attached hydrogens (primary N) is 1. The van der Waals surface area contributed by atoms with Crippen LogP contribution in [0.1, 0.15) is 50.8 Å². The summed E-state index contributed by atoms with van der Waals surface area (Å²) in [6, 6.07) is 6.59. The summed E-state index contributed by atoms with van der Waals surface area (Å²) >= 11 is 0. The van der Waals surface area contributed by atoms with Gasteiger partial charge >= 0.3 is 6.03 Å². The number of benzene rings is 2. The molecule has 218 valence electrons. The van der Waals surface area contributed by atoms with E-state index >= 15 is 0 Å². The molecule has 2 unspecified atom stereocenters. The van der Waals surface area contributed by atoms with E-state index in [0.29, 0.717) is 23.2 Å². The number of halogens is 1. The number of nitrogen functional groups attached to an aromatic ring is 1. The van der Waals surface area contributed by atoms with E-state index in [1.54, 1.807) is 26.1 Å². The summed E-state index contributed by atoms with van der Waals surface area (Å²) in [6.45, 7) is 9.50. The van der Waals surface area contributed by atoms with Crippen molar-refractivity contribution in [3.05, 3.63) is 52.8 Å². The Bertz CT molecular complexity index is 1390. The van der Waals surface area contributed by atoms with E-state index in [9.17, 15) is 19.1 Å². The van der Waals surface area contributed by atoms with Crippen molar-refractivity contribution in [2.75, 3.05) is 19.3 Å². The van der Waals surface area contributed by atoms with Crippen LogP contribution in [0.25, 0.3) is 0 Å². The second kappa shape index (κ2) is 15.8. The molecule has 5 N–H and O–H groups in total. The highest BCUT2D eigenvalue weighted by Crippen LogP contribution is 2.30. The number of urea groups is 1. The summed E-state index contributed by atoms with van der Waals surface area (Å²) in [5, 5.41) is 15.2. The summed E-state index contributed by atoms with van der Waals surface area (Å²) < 4.78 is 14.7. The van der Waals surface area contributed by atoms with Gasteiger partial charge in [0.15, 0.2) is 0 Å². The van der Waals surface area contributed by atoms with E-state index in [1.807, 2.05) is 27.7 Å². The maximum atomic E-state index is 14.7. The Morgan fingerprint density at radius 2 is 2.00 bits per heavy atom. The first kappa shape index (κ1) is 32.5. The van der Waals surface area contributed by atoms with Crippen molar-refractivity contribution in [1.29, 1.82) is 0 Å². The number of anilines is 1. The minimum absolute atomic E-state index is 0.00662. The number of aliphatic imine (C=N–C) groups is 3. The Hall–Kier alpha value is -4.72. The SMILES string of the molecule is CCC#CC(C)C(C)N=C(C)CN(Cc1cc(C)ccc1F)C(=O)NC(=Nc1cc(C=NC)c(N)cc1O)NC=O. The Morgan fingerprint density at radius 3 is 2.66 bits per heavy atom. The fourth-order valence-electron chi connectivity index (χ4n) is 3.79. The standard InChI is InChI=1S/C30H38FN7O3/c1-7-8-9-20(3)22(5)35-21(4)16-38(17-24-12-19(2)10-11-25(24)31)30(41)37-29(34-18-39)36-27-13-23(15-33-6)26(32)14-28(27)40/h10-15,18,20,22,40H,7,16-17,32H2,1-6H3,(H2,34,36,37,39,41). The van der Waals surface area contributed by atoms with Crippen molar-refractivity contribution >= 4 is 41.7 Å². The number of phenolic OH excluding ortho intramolecular Hbond substituents is 1. The molecule has 0 fully saturated rings. The van der Waals surface area contributed by atoms with Crippen LogP contribution in [-0.2, 0) is 11.3 Å². The second-order valence-electron chi connectivity index (χ2n) is 9.53. The Balaban J connectivity index is 2.43. The zero-order valence-corrected chi connectivity index (χ0v) is 24.3. The molecule has 2 aromatic carbocycles. The summed E-state index contributed by atoms with van der Waals surface area (Å²) in [6.07, 6.45) is 2.56. The molecule has 0 aliphatic carbocycles. The molecular weight excluding hydrogens is 525 g/mol. The number of carbonyl (C=O) groups excluding carboxylic acids is 2. The van der Waals surface area contributed by atoms with Crippen LogP contribution >= 0.6 is 0 Å². The third-order valence-electron chi connectivity index (χ3n) is 6.03. The van der Waals surface area contributed by atoms with Gasteiger partial charge in [0.05, 0.1) is 19.1 Å². The number of aromatic hydroxyl groups is 1. The maximum absolute atomic E-state index is 14.7. The predicted octanol–water partition coefficient (Wildman–Crippen LogP) is 4.31. The van der Waals surface area contributed by atoms with Gasteiger partial charge in [0.1, 0.15) is 17.3 Å². The van der Waals surface area contributed by atoms with Crippen LogP contribution in [0, 0.1) is 30.5 Å². The van der Waals surface area contributed by atoms with Crippen molar-refractivity contribution in [2.45, 2.75) is 53.6 Å². The number of nitrogens with one attached hydrogen (secondary N) is 2. The fraction of sp³-hybridized carbons (Fsp3) is 0.367. The Morgan fingerprint density at radius 1 is 1.27 bits per heavy atom. The van der Waals surface area contributed by atoms with E-state index in [1.165, 1.54) is 29.3 Å². The number of aryl methyl sites for hydroxylation is 1. The van der Waals surface area contributed by atoms with E-state index in [2.05, 4.69) is 32.5 Å². The molecule has 10 nitrogen and oxygen atoms in total. The molecule has 2 atom stereocenters. The van der Waals surface area contributed by atoms with Crippen molar-refractivity contribution in [3.8, 4) is 17.6 Å². The van der Waals surface area contributed by atoms with Crippen LogP contribution in [-0.4, -0.2) is 60.0 Å². The van der Waals surface area contributed by atoms with Crippen LogP contribution < -0.4 is 16.4 Å². The minimum Gasteiger partial charge on any atom is -0.506 e. The molecule has 0 saturated carbocycles. The number of carbonyl (C=O) groups is 2. The topological polar surface area (TPSA) is 145 Å². The average molecular weight is 564 g/mol. The third kappa shape index (κ3) is 10.1. The number of amides is 3. The smallest absolute Gasteiger partial charge is 0.324 e. The molecular formula is C30H38FN7O3. The minimum atomic E-state index is -0.676. The van der Waals surface area contributed by atoms with Crippen molar-refractivity contribution < 1.29 is 19.1 Å². The zero-order chi connectivity index (χ0) is 30.5. The number of nitrogens with zero attached hydrogens (tertiary/aromatic N) is 4. The van der Waals surface area contributed by atoms with Crippen molar-refractivity contribution in [1.82, 2.24) is 15.5 Å². The number of hydrogen-bond donors (Lipinski definition) is 4. The third-order valence-corrected chi connectivity index (χ3v) is 6.03. The number of phenols is 1. The summed E-state index contributed by atoms with van der Waals surface area (Å²) in [4.78, 5) is 39.0. The Labute approximate surface area is 240 Å². The van der Waals surface area contributed by atoms with Gasteiger partial charge in [-0.1, -0.05) is 30.5 Å². The number of hydrogen-bond acceptors (Lipinski definition) is 7. The molecule has 2 rings (SSSR count). The normalized spacial score (nSPS) is 13.2.